The van der Waals surface area contributed by atoms with Crippen LogP contribution in [-0.2, 0) is 4.79 Å². The van der Waals surface area contributed by atoms with Gasteiger partial charge in [-0.2, -0.15) is 0 Å². The SMILES string of the molecule is O=C(CCSc1ccc(F)cc1)N1CCC(Oc2nc3ccc(F)cc3s2)CC1. The van der Waals surface area contributed by atoms with Crippen molar-refractivity contribution in [3.63, 3.8) is 0 Å². The summed E-state index contributed by atoms with van der Waals surface area (Å²) in [5.74, 6) is 0.266. The van der Waals surface area contributed by atoms with Crippen molar-refractivity contribution in [1.82, 2.24) is 9.88 Å². The van der Waals surface area contributed by atoms with E-state index in [0.717, 1.165) is 28.0 Å². The number of amides is 1. The zero-order valence-electron chi connectivity index (χ0n) is 15.6. The van der Waals surface area contributed by atoms with Crippen LogP contribution in [0.4, 0.5) is 8.78 Å². The minimum absolute atomic E-state index is 0.0121. The summed E-state index contributed by atoms with van der Waals surface area (Å²) in [5, 5.41) is 0.547. The van der Waals surface area contributed by atoms with Crippen molar-refractivity contribution in [2.24, 2.45) is 0 Å². The van der Waals surface area contributed by atoms with Crippen LogP contribution in [0.2, 0.25) is 0 Å². The van der Waals surface area contributed by atoms with Crippen LogP contribution >= 0.6 is 23.1 Å². The van der Waals surface area contributed by atoms with Crippen LogP contribution in [0.1, 0.15) is 19.3 Å². The first-order chi connectivity index (χ1) is 14.1. The second-order valence-electron chi connectivity index (χ2n) is 6.84. The smallest absolute Gasteiger partial charge is 0.274 e. The standard InChI is InChI=1S/C21H20F2N2O2S2/c22-14-1-4-17(5-2-14)28-12-9-20(26)25-10-7-16(8-11-25)27-21-24-18-6-3-15(23)13-19(18)29-21/h1-6,13,16H,7-12H2. The normalized spacial score (nSPS) is 15.0. The number of piperidine rings is 1. The molecule has 1 amide bonds. The van der Waals surface area contributed by atoms with Crippen molar-refractivity contribution < 1.29 is 18.3 Å². The van der Waals surface area contributed by atoms with Gasteiger partial charge in [0.05, 0.1) is 10.2 Å². The molecule has 0 bridgehead atoms. The summed E-state index contributed by atoms with van der Waals surface area (Å²) in [4.78, 5) is 19.7. The number of fused-ring (bicyclic) bond motifs is 1. The molecular formula is C21H20F2N2O2S2. The average Bonchev–Trinajstić information content (AvgIpc) is 3.11. The summed E-state index contributed by atoms with van der Waals surface area (Å²) in [6, 6.07) is 10.8. The molecule has 3 aromatic rings. The molecular weight excluding hydrogens is 414 g/mol. The molecule has 1 fully saturated rings. The molecule has 1 aliphatic heterocycles. The van der Waals surface area contributed by atoms with Crippen LogP contribution in [0.3, 0.4) is 0 Å². The van der Waals surface area contributed by atoms with Crippen LogP contribution in [0.15, 0.2) is 47.4 Å². The van der Waals surface area contributed by atoms with E-state index in [1.54, 1.807) is 30.0 Å². The summed E-state index contributed by atoms with van der Waals surface area (Å²) >= 11 is 2.90. The molecule has 4 nitrogen and oxygen atoms in total. The van der Waals surface area contributed by atoms with Crippen molar-refractivity contribution in [2.75, 3.05) is 18.8 Å². The maximum Gasteiger partial charge on any atom is 0.274 e. The molecule has 0 unspecified atom stereocenters. The molecule has 2 heterocycles. The van der Waals surface area contributed by atoms with Gasteiger partial charge in [0.15, 0.2) is 0 Å². The molecule has 0 N–H and O–H groups in total. The number of likely N-dealkylation sites (tertiary alicyclic amines) is 1. The summed E-state index contributed by atoms with van der Waals surface area (Å²) in [7, 11) is 0. The predicted molar refractivity (Wildman–Crippen MR) is 112 cm³/mol. The number of thioether (sulfide) groups is 1. The Hall–Kier alpha value is -2.19. The van der Waals surface area contributed by atoms with Gasteiger partial charge in [0.1, 0.15) is 17.7 Å². The maximum atomic E-state index is 13.3. The highest BCUT2D eigenvalue weighted by Gasteiger charge is 2.24. The van der Waals surface area contributed by atoms with Gasteiger partial charge in [-0.25, -0.2) is 13.8 Å². The largest absolute Gasteiger partial charge is 0.467 e. The lowest BCUT2D eigenvalue weighted by atomic mass is 10.1. The Morgan fingerprint density at radius 2 is 1.86 bits per heavy atom. The van der Waals surface area contributed by atoms with E-state index < -0.39 is 0 Å². The zero-order valence-corrected chi connectivity index (χ0v) is 17.3. The number of carbonyl (C=O) groups excluding carboxylic acids is 1. The van der Waals surface area contributed by atoms with E-state index in [1.807, 2.05) is 4.90 Å². The van der Waals surface area contributed by atoms with Crippen LogP contribution in [-0.4, -0.2) is 40.7 Å². The fourth-order valence-electron chi connectivity index (χ4n) is 3.24. The van der Waals surface area contributed by atoms with Gasteiger partial charge < -0.3 is 9.64 Å². The maximum absolute atomic E-state index is 13.3. The van der Waals surface area contributed by atoms with Gasteiger partial charge in [-0.3, -0.25) is 4.79 Å². The molecule has 29 heavy (non-hydrogen) atoms. The van der Waals surface area contributed by atoms with E-state index in [0.29, 0.717) is 30.5 Å². The minimum Gasteiger partial charge on any atom is -0.467 e. The highest BCUT2D eigenvalue weighted by atomic mass is 32.2. The summed E-state index contributed by atoms with van der Waals surface area (Å²) in [5.41, 5.74) is 0.734. The molecule has 2 aromatic carbocycles. The molecule has 0 aliphatic carbocycles. The number of carbonyl (C=O) groups is 1. The molecule has 0 radical (unpaired) electrons. The molecule has 0 spiro atoms. The molecule has 1 aliphatic rings. The molecule has 8 heteroatoms. The van der Waals surface area contributed by atoms with Gasteiger partial charge in [-0.15, -0.1) is 11.8 Å². The summed E-state index contributed by atoms with van der Waals surface area (Å²) in [6.45, 7) is 1.31. The van der Waals surface area contributed by atoms with Crippen molar-refractivity contribution in [3.05, 3.63) is 54.1 Å². The molecule has 0 saturated carbocycles. The van der Waals surface area contributed by atoms with Gasteiger partial charge in [-0.05, 0) is 42.5 Å². The van der Waals surface area contributed by atoms with Crippen molar-refractivity contribution in [3.8, 4) is 5.19 Å². The second-order valence-corrected chi connectivity index (χ2v) is 9.00. The number of aromatic nitrogens is 1. The monoisotopic (exact) mass is 434 g/mol. The first kappa shape index (κ1) is 20.1. The quantitative estimate of drug-likeness (QED) is 0.505. The summed E-state index contributed by atoms with van der Waals surface area (Å²) in [6.07, 6.45) is 1.97. The Kier molecular flexibility index (Phi) is 6.30. The zero-order chi connectivity index (χ0) is 20.2. The average molecular weight is 435 g/mol. The van der Waals surface area contributed by atoms with Crippen LogP contribution in [0.5, 0.6) is 5.19 Å². The lowest BCUT2D eigenvalue weighted by Gasteiger charge is -2.31. The third-order valence-corrected chi connectivity index (χ3v) is 6.71. The predicted octanol–water partition coefficient (Wildman–Crippen LogP) is 5.13. The number of thiazole rings is 1. The topological polar surface area (TPSA) is 42.4 Å². The van der Waals surface area contributed by atoms with Gasteiger partial charge in [0.2, 0.25) is 5.91 Å². The van der Waals surface area contributed by atoms with Gasteiger partial charge in [0, 0.05) is 43.0 Å². The Bertz CT molecular complexity index is 986. The number of hydrogen-bond acceptors (Lipinski definition) is 5. The first-order valence-electron chi connectivity index (χ1n) is 9.46. The van der Waals surface area contributed by atoms with Crippen LogP contribution in [0.25, 0.3) is 10.2 Å². The van der Waals surface area contributed by atoms with Crippen molar-refractivity contribution >= 4 is 39.2 Å². The van der Waals surface area contributed by atoms with E-state index in [-0.39, 0.29) is 23.6 Å². The molecule has 0 atom stereocenters. The Morgan fingerprint density at radius 3 is 2.62 bits per heavy atom. The number of rotatable bonds is 6. The van der Waals surface area contributed by atoms with Gasteiger partial charge in [-0.1, -0.05) is 11.3 Å². The van der Waals surface area contributed by atoms with E-state index >= 15 is 0 Å². The van der Waals surface area contributed by atoms with Crippen LogP contribution in [0, 0.1) is 11.6 Å². The number of ether oxygens (including phenoxy) is 1. The highest BCUT2D eigenvalue weighted by molar-refractivity contribution is 7.99. The van der Waals surface area contributed by atoms with E-state index in [4.69, 9.17) is 4.74 Å². The number of halogens is 2. The lowest BCUT2D eigenvalue weighted by Crippen LogP contribution is -2.41. The van der Waals surface area contributed by atoms with Gasteiger partial charge in [0.25, 0.3) is 5.19 Å². The number of nitrogens with zero attached hydrogens (tertiary/aromatic N) is 2. The second kappa shape index (κ2) is 9.09. The lowest BCUT2D eigenvalue weighted by molar-refractivity contribution is -0.132. The van der Waals surface area contributed by atoms with E-state index in [1.165, 1.54) is 35.6 Å². The number of hydrogen-bond donors (Lipinski definition) is 0. The fraction of sp³-hybridized carbons (Fsp3) is 0.333. The molecule has 152 valence electrons. The molecule has 1 aromatic heterocycles. The summed E-state index contributed by atoms with van der Waals surface area (Å²) < 4.78 is 33.0. The highest BCUT2D eigenvalue weighted by Crippen LogP contribution is 2.30. The third-order valence-electron chi connectivity index (χ3n) is 4.79. The van der Waals surface area contributed by atoms with Gasteiger partial charge >= 0.3 is 0 Å². The Morgan fingerprint density at radius 1 is 1.14 bits per heavy atom. The number of benzene rings is 2. The Labute approximate surface area is 175 Å². The molecule has 4 rings (SSSR count). The van der Waals surface area contributed by atoms with Crippen molar-refractivity contribution in [2.45, 2.75) is 30.3 Å². The molecule has 1 saturated heterocycles. The van der Waals surface area contributed by atoms with E-state index in [2.05, 4.69) is 4.98 Å². The first-order valence-corrected chi connectivity index (χ1v) is 11.3. The third kappa shape index (κ3) is 5.25. The van der Waals surface area contributed by atoms with E-state index in [9.17, 15) is 13.6 Å². The van der Waals surface area contributed by atoms with Crippen molar-refractivity contribution in [1.29, 1.82) is 0 Å². The Balaban J connectivity index is 1.22. The minimum atomic E-state index is -0.280. The fourth-order valence-corrected chi connectivity index (χ4v) is 4.99. The van der Waals surface area contributed by atoms with Crippen LogP contribution < -0.4 is 4.74 Å².